The second kappa shape index (κ2) is 6.78. The first-order valence-electron chi connectivity index (χ1n) is 5.51. The van der Waals surface area contributed by atoms with Crippen LogP contribution < -0.4 is 10.1 Å². The molecule has 0 aliphatic carbocycles. The molecule has 18 heavy (non-hydrogen) atoms. The smallest absolute Gasteiger partial charge is 0.387 e. The molecular formula is C12H15F2NO3. The third-order valence-corrected chi connectivity index (χ3v) is 2.10. The van der Waals surface area contributed by atoms with Crippen LogP contribution in [0.4, 0.5) is 14.5 Å². The maximum absolute atomic E-state index is 11.9. The van der Waals surface area contributed by atoms with Crippen molar-refractivity contribution in [1.29, 1.82) is 0 Å². The summed E-state index contributed by atoms with van der Waals surface area (Å²) < 4.78 is 32.9. The van der Waals surface area contributed by atoms with Gasteiger partial charge in [-0.15, -0.1) is 0 Å². The van der Waals surface area contributed by atoms with E-state index >= 15 is 0 Å². The van der Waals surface area contributed by atoms with Gasteiger partial charge in [0, 0.05) is 5.69 Å². The van der Waals surface area contributed by atoms with Gasteiger partial charge in [-0.25, -0.2) is 4.79 Å². The number of hydrogen-bond acceptors (Lipinski definition) is 4. The van der Waals surface area contributed by atoms with Gasteiger partial charge in [0.05, 0.1) is 6.61 Å². The molecule has 4 nitrogen and oxygen atoms in total. The Balaban J connectivity index is 2.55. The summed E-state index contributed by atoms with van der Waals surface area (Å²) in [5.74, 6) is -0.301. The zero-order valence-electron chi connectivity index (χ0n) is 10.2. The van der Waals surface area contributed by atoms with Crippen molar-refractivity contribution in [3.8, 4) is 5.75 Å². The zero-order valence-corrected chi connectivity index (χ0v) is 10.2. The highest BCUT2D eigenvalue weighted by Crippen LogP contribution is 2.18. The average Bonchev–Trinajstić information content (AvgIpc) is 2.31. The van der Waals surface area contributed by atoms with E-state index in [9.17, 15) is 13.6 Å². The quantitative estimate of drug-likeness (QED) is 0.798. The van der Waals surface area contributed by atoms with Gasteiger partial charge in [-0.05, 0) is 38.1 Å². The molecule has 0 fully saturated rings. The second-order valence-electron chi connectivity index (χ2n) is 3.52. The van der Waals surface area contributed by atoms with Crippen LogP contribution in [0.1, 0.15) is 13.8 Å². The van der Waals surface area contributed by atoms with E-state index in [0.717, 1.165) is 0 Å². The van der Waals surface area contributed by atoms with Crippen LogP contribution in [0.5, 0.6) is 5.75 Å². The first-order valence-corrected chi connectivity index (χ1v) is 5.51. The van der Waals surface area contributed by atoms with Crippen LogP contribution in [0.25, 0.3) is 0 Å². The highest BCUT2D eigenvalue weighted by atomic mass is 19.3. The predicted octanol–water partition coefficient (Wildman–Crippen LogP) is 2.65. The normalized spacial score (nSPS) is 12.1. The lowest BCUT2D eigenvalue weighted by molar-refractivity contribution is -0.143. The maximum Gasteiger partial charge on any atom is 0.387 e. The van der Waals surface area contributed by atoms with Crippen molar-refractivity contribution in [3.63, 3.8) is 0 Å². The Morgan fingerprint density at radius 1 is 1.33 bits per heavy atom. The van der Waals surface area contributed by atoms with E-state index < -0.39 is 12.7 Å². The standard InChI is InChI=1S/C12H15F2NO3/c1-3-17-11(16)8(2)15-9-4-6-10(7-5-9)18-12(13)14/h4-8,12,15H,3H2,1-2H3. The Morgan fingerprint density at radius 2 is 1.94 bits per heavy atom. The summed E-state index contributed by atoms with van der Waals surface area (Å²) in [5.41, 5.74) is 0.622. The van der Waals surface area contributed by atoms with E-state index in [1.165, 1.54) is 12.1 Å². The maximum atomic E-state index is 11.9. The molecule has 0 spiro atoms. The third-order valence-electron chi connectivity index (χ3n) is 2.10. The van der Waals surface area contributed by atoms with Crippen molar-refractivity contribution in [2.45, 2.75) is 26.5 Å². The molecular weight excluding hydrogens is 244 g/mol. The van der Waals surface area contributed by atoms with E-state index in [-0.39, 0.29) is 11.7 Å². The molecule has 1 atom stereocenters. The van der Waals surface area contributed by atoms with Crippen molar-refractivity contribution < 1.29 is 23.0 Å². The number of halogens is 2. The van der Waals surface area contributed by atoms with Gasteiger partial charge in [-0.1, -0.05) is 0 Å². The Hall–Kier alpha value is -1.85. The van der Waals surface area contributed by atoms with Crippen LogP contribution in [0.3, 0.4) is 0 Å². The summed E-state index contributed by atoms with van der Waals surface area (Å²) in [6.45, 7) is 0.844. The number of hydrogen-bond donors (Lipinski definition) is 1. The average molecular weight is 259 g/mol. The van der Waals surface area contributed by atoms with Crippen LogP contribution in [0.2, 0.25) is 0 Å². The fourth-order valence-corrected chi connectivity index (χ4v) is 1.31. The summed E-state index contributed by atoms with van der Waals surface area (Å²) in [5, 5.41) is 2.89. The molecule has 0 aromatic heterocycles. The van der Waals surface area contributed by atoms with E-state index in [1.54, 1.807) is 26.0 Å². The minimum atomic E-state index is -2.85. The zero-order chi connectivity index (χ0) is 13.5. The van der Waals surface area contributed by atoms with Gasteiger partial charge < -0.3 is 14.8 Å². The summed E-state index contributed by atoms with van der Waals surface area (Å²) in [7, 11) is 0. The largest absolute Gasteiger partial charge is 0.464 e. The molecule has 0 saturated carbocycles. The number of carbonyl (C=O) groups excluding carboxylic acids is 1. The van der Waals surface area contributed by atoms with Gasteiger partial charge in [-0.2, -0.15) is 8.78 Å². The molecule has 1 unspecified atom stereocenters. The highest BCUT2D eigenvalue weighted by Gasteiger charge is 2.13. The lowest BCUT2D eigenvalue weighted by atomic mass is 10.2. The number of esters is 1. The molecule has 1 aromatic rings. The summed E-state index contributed by atoms with van der Waals surface area (Å²) in [6.07, 6.45) is 0. The summed E-state index contributed by atoms with van der Waals surface area (Å²) >= 11 is 0. The first-order chi connectivity index (χ1) is 8.52. The van der Waals surface area contributed by atoms with E-state index in [2.05, 4.69) is 10.1 Å². The van der Waals surface area contributed by atoms with Gasteiger partial charge in [0.1, 0.15) is 11.8 Å². The molecule has 6 heteroatoms. The molecule has 0 aliphatic heterocycles. The number of nitrogens with one attached hydrogen (secondary N) is 1. The van der Waals surface area contributed by atoms with Crippen molar-refractivity contribution in [2.75, 3.05) is 11.9 Å². The fraction of sp³-hybridized carbons (Fsp3) is 0.417. The van der Waals surface area contributed by atoms with Gasteiger partial charge in [0.25, 0.3) is 0 Å². The van der Waals surface area contributed by atoms with Crippen LogP contribution >= 0.6 is 0 Å². The summed E-state index contributed by atoms with van der Waals surface area (Å²) in [6, 6.07) is 5.38. The number of rotatable bonds is 6. The number of ether oxygens (including phenoxy) is 2. The molecule has 0 saturated heterocycles. The Kier molecular flexibility index (Phi) is 5.35. The molecule has 0 heterocycles. The Labute approximate surface area is 104 Å². The molecule has 100 valence electrons. The van der Waals surface area contributed by atoms with E-state index in [4.69, 9.17) is 4.74 Å². The monoisotopic (exact) mass is 259 g/mol. The van der Waals surface area contributed by atoms with E-state index in [0.29, 0.717) is 12.3 Å². The van der Waals surface area contributed by atoms with Crippen molar-refractivity contribution >= 4 is 11.7 Å². The van der Waals surface area contributed by atoms with Crippen molar-refractivity contribution in [2.24, 2.45) is 0 Å². The Morgan fingerprint density at radius 3 is 2.44 bits per heavy atom. The number of carbonyl (C=O) groups is 1. The minimum Gasteiger partial charge on any atom is -0.464 e. The molecule has 1 aromatic carbocycles. The lowest BCUT2D eigenvalue weighted by Gasteiger charge is -2.14. The Bertz CT molecular complexity index is 381. The van der Waals surface area contributed by atoms with E-state index in [1.807, 2.05) is 0 Å². The summed E-state index contributed by atoms with van der Waals surface area (Å²) in [4.78, 5) is 11.4. The first kappa shape index (κ1) is 14.2. The molecule has 1 N–H and O–H groups in total. The van der Waals surface area contributed by atoms with Crippen LogP contribution in [-0.4, -0.2) is 25.2 Å². The molecule has 0 radical (unpaired) electrons. The predicted molar refractivity (Wildman–Crippen MR) is 62.8 cm³/mol. The fourth-order valence-electron chi connectivity index (χ4n) is 1.31. The minimum absolute atomic E-state index is 0.0688. The van der Waals surface area contributed by atoms with Gasteiger partial charge >= 0.3 is 12.6 Å². The van der Waals surface area contributed by atoms with Gasteiger partial charge in [0.2, 0.25) is 0 Å². The third kappa shape index (κ3) is 4.57. The highest BCUT2D eigenvalue weighted by molar-refractivity contribution is 5.78. The topological polar surface area (TPSA) is 47.6 Å². The van der Waals surface area contributed by atoms with Crippen LogP contribution in [0.15, 0.2) is 24.3 Å². The number of alkyl halides is 2. The van der Waals surface area contributed by atoms with Gasteiger partial charge in [-0.3, -0.25) is 0 Å². The number of anilines is 1. The van der Waals surface area contributed by atoms with Crippen molar-refractivity contribution in [3.05, 3.63) is 24.3 Å². The molecule has 0 aliphatic rings. The molecule has 0 bridgehead atoms. The van der Waals surface area contributed by atoms with Gasteiger partial charge in [0.15, 0.2) is 0 Å². The number of benzene rings is 1. The molecule has 1 rings (SSSR count). The SMILES string of the molecule is CCOC(=O)C(C)Nc1ccc(OC(F)F)cc1. The van der Waals surface area contributed by atoms with Crippen LogP contribution in [-0.2, 0) is 9.53 Å². The second-order valence-corrected chi connectivity index (χ2v) is 3.52. The molecule has 0 amide bonds. The van der Waals surface area contributed by atoms with Crippen molar-refractivity contribution in [1.82, 2.24) is 0 Å². The van der Waals surface area contributed by atoms with Crippen LogP contribution in [0, 0.1) is 0 Å². The lowest BCUT2D eigenvalue weighted by Crippen LogP contribution is -2.28.